The second kappa shape index (κ2) is 8.30. The van der Waals surface area contributed by atoms with Crippen molar-refractivity contribution in [1.82, 2.24) is 5.32 Å². The molecule has 2 aromatic rings. The van der Waals surface area contributed by atoms with Gasteiger partial charge in [0.15, 0.2) is 0 Å². The molecular formula is C19H19FN2O4S. The molecule has 0 radical (unpaired) electrons. The number of alkyl carbamates (subject to hydrolysis) is 1. The van der Waals surface area contributed by atoms with E-state index in [0.717, 1.165) is 42.2 Å². The molecule has 0 unspecified atom stereocenters. The van der Waals surface area contributed by atoms with Crippen LogP contribution in [-0.2, 0) is 17.6 Å². The highest BCUT2D eigenvalue weighted by atomic mass is 32.1. The van der Waals surface area contributed by atoms with Crippen LogP contribution in [0.1, 0.15) is 50.4 Å². The minimum Gasteiger partial charge on any atom is -0.453 e. The third-order valence-electron chi connectivity index (χ3n) is 4.36. The molecule has 6 nitrogen and oxygen atoms in total. The fourth-order valence-electron chi connectivity index (χ4n) is 3.08. The molecular weight excluding hydrogens is 371 g/mol. The predicted octanol–water partition coefficient (Wildman–Crippen LogP) is 3.90. The summed E-state index contributed by atoms with van der Waals surface area (Å²) in [7, 11) is 1.17. The number of imide groups is 1. The van der Waals surface area contributed by atoms with Crippen LogP contribution in [-0.4, -0.2) is 25.0 Å². The Kier molecular flexibility index (Phi) is 5.85. The third kappa shape index (κ3) is 4.33. The first-order chi connectivity index (χ1) is 13.0. The molecule has 0 saturated heterocycles. The lowest BCUT2D eigenvalue weighted by molar-refractivity contribution is 0.0937. The number of carbonyl (C=O) groups is 3. The molecule has 8 heteroatoms. The van der Waals surface area contributed by atoms with Gasteiger partial charge in [-0.1, -0.05) is 12.5 Å². The summed E-state index contributed by atoms with van der Waals surface area (Å²) in [6.45, 7) is 0. The van der Waals surface area contributed by atoms with Gasteiger partial charge in [-0.2, -0.15) is 0 Å². The summed E-state index contributed by atoms with van der Waals surface area (Å²) >= 11 is 1.33. The van der Waals surface area contributed by atoms with Gasteiger partial charge in [0.25, 0.3) is 11.8 Å². The molecule has 0 spiro atoms. The summed E-state index contributed by atoms with van der Waals surface area (Å²) < 4.78 is 17.9. The number of benzene rings is 1. The molecule has 1 aromatic heterocycles. The molecule has 0 bridgehead atoms. The number of anilines is 1. The Morgan fingerprint density at radius 2 is 1.89 bits per heavy atom. The lowest BCUT2D eigenvalue weighted by Gasteiger charge is -2.09. The van der Waals surface area contributed by atoms with Crippen LogP contribution >= 0.6 is 11.3 Å². The molecule has 0 fully saturated rings. The van der Waals surface area contributed by atoms with E-state index in [-0.39, 0.29) is 11.1 Å². The van der Waals surface area contributed by atoms with Crippen molar-refractivity contribution in [2.75, 3.05) is 12.4 Å². The van der Waals surface area contributed by atoms with E-state index in [4.69, 9.17) is 0 Å². The lowest BCUT2D eigenvalue weighted by atomic mass is 10.0. The molecule has 0 aliphatic heterocycles. The van der Waals surface area contributed by atoms with Gasteiger partial charge in [-0.05, 0) is 49.4 Å². The van der Waals surface area contributed by atoms with E-state index in [0.29, 0.717) is 11.4 Å². The monoisotopic (exact) mass is 390 g/mol. The minimum atomic E-state index is -0.865. The second-order valence-corrected chi connectivity index (χ2v) is 7.28. The van der Waals surface area contributed by atoms with Crippen LogP contribution < -0.4 is 10.6 Å². The highest BCUT2D eigenvalue weighted by Crippen LogP contribution is 2.37. The molecule has 3 rings (SSSR count). The summed E-state index contributed by atoms with van der Waals surface area (Å²) in [6.07, 6.45) is 3.64. The molecule has 0 saturated carbocycles. The minimum absolute atomic E-state index is 0.151. The Morgan fingerprint density at radius 3 is 2.63 bits per heavy atom. The molecule has 1 aromatic carbocycles. The molecule has 1 heterocycles. The van der Waals surface area contributed by atoms with Crippen molar-refractivity contribution in [3.8, 4) is 0 Å². The molecule has 3 amide bonds. The van der Waals surface area contributed by atoms with Crippen LogP contribution in [0.15, 0.2) is 24.3 Å². The summed E-state index contributed by atoms with van der Waals surface area (Å²) in [4.78, 5) is 37.6. The third-order valence-corrected chi connectivity index (χ3v) is 5.57. The van der Waals surface area contributed by atoms with Crippen molar-refractivity contribution >= 4 is 34.2 Å². The number of methoxy groups -OCH3 is 1. The number of ether oxygens (including phenoxy) is 1. The summed E-state index contributed by atoms with van der Waals surface area (Å²) in [5.41, 5.74) is 1.29. The van der Waals surface area contributed by atoms with Crippen LogP contribution in [0.2, 0.25) is 0 Å². The quantitative estimate of drug-likeness (QED) is 0.779. The van der Waals surface area contributed by atoms with Crippen LogP contribution in [0, 0.1) is 5.82 Å². The SMILES string of the molecule is COC(=O)NC(=O)c1c(NC(=O)c2cccc(F)c2)sc2c1CCCCC2. The molecule has 0 atom stereocenters. The van der Waals surface area contributed by atoms with Gasteiger partial charge in [0.1, 0.15) is 10.8 Å². The first-order valence-corrected chi connectivity index (χ1v) is 9.42. The Morgan fingerprint density at radius 1 is 1.11 bits per heavy atom. The first-order valence-electron chi connectivity index (χ1n) is 8.60. The van der Waals surface area contributed by atoms with Crippen LogP contribution in [0.4, 0.5) is 14.2 Å². The fraction of sp³-hybridized carbons (Fsp3) is 0.316. The van der Waals surface area contributed by atoms with Gasteiger partial charge in [-0.3, -0.25) is 14.9 Å². The van der Waals surface area contributed by atoms with Crippen molar-refractivity contribution in [2.45, 2.75) is 32.1 Å². The van der Waals surface area contributed by atoms with Crippen molar-refractivity contribution in [3.63, 3.8) is 0 Å². The smallest absolute Gasteiger partial charge is 0.413 e. The predicted molar refractivity (Wildman–Crippen MR) is 99.8 cm³/mol. The maximum absolute atomic E-state index is 13.4. The topological polar surface area (TPSA) is 84.5 Å². The average Bonchev–Trinajstić information content (AvgIpc) is 2.82. The average molecular weight is 390 g/mol. The van der Waals surface area contributed by atoms with E-state index >= 15 is 0 Å². The zero-order valence-corrected chi connectivity index (χ0v) is 15.6. The fourth-order valence-corrected chi connectivity index (χ4v) is 4.36. The van der Waals surface area contributed by atoms with Gasteiger partial charge < -0.3 is 10.1 Å². The second-order valence-electron chi connectivity index (χ2n) is 6.18. The summed E-state index contributed by atoms with van der Waals surface area (Å²) in [5, 5.41) is 5.22. The maximum Gasteiger partial charge on any atom is 0.413 e. The van der Waals surface area contributed by atoms with Crippen molar-refractivity contribution < 1.29 is 23.5 Å². The number of hydrogen-bond donors (Lipinski definition) is 2. The molecule has 1 aliphatic rings. The lowest BCUT2D eigenvalue weighted by Crippen LogP contribution is -2.31. The highest BCUT2D eigenvalue weighted by Gasteiger charge is 2.27. The van der Waals surface area contributed by atoms with Gasteiger partial charge in [-0.15, -0.1) is 11.3 Å². The number of amides is 3. The van der Waals surface area contributed by atoms with Gasteiger partial charge in [0, 0.05) is 10.4 Å². The summed E-state index contributed by atoms with van der Waals surface area (Å²) in [6, 6.07) is 5.31. The van der Waals surface area contributed by atoms with Gasteiger partial charge in [0.2, 0.25) is 0 Å². The Labute approximate surface area is 159 Å². The zero-order valence-electron chi connectivity index (χ0n) is 14.8. The Balaban J connectivity index is 1.95. The normalized spacial score (nSPS) is 13.3. The van der Waals surface area contributed by atoms with Crippen molar-refractivity contribution in [3.05, 3.63) is 51.7 Å². The molecule has 2 N–H and O–H groups in total. The van der Waals surface area contributed by atoms with Gasteiger partial charge in [0.05, 0.1) is 12.7 Å². The number of nitrogens with one attached hydrogen (secondary N) is 2. The van der Waals surface area contributed by atoms with E-state index in [9.17, 15) is 18.8 Å². The number of halogens is 1. The Hall–Kier alpha value is -2.74. The number of thiophene rings is 1. The number of rotatable bonds is 3. The molecule has 142 valence electrons. The van der Waals surface area contributed by atoms with E-state index in [1.165, 1.54) is 36.6 Å². The van der Waals surface area contributed by atoms with E-state index in [1.807, 2.05) is 0 Å². The largest absolute Gasteiger partial charge is 0.453 e. The van der Waals surface area contributed by atoms with Crippen LogP contribution in [0.25, 0.3) is 0 Å². The standard InChI is InChI=1S/C19H19FN2O4S/c1-26-19(25)22-17(24)15-13-8-3-2-4-9-14(13)27-18(15)21-16(23)11-6-5-7-12(20)10-11/h5-7,10H,2-4,8-9H2,1H3,(H,21,23)(H,22,24,25). The van der Waals surface area contributed by atoms with Crippen LogP contribution in [0.5, 0.6) is 0 Å². The number of aryl methyl sites for hydroxylation is 1. The maximum atomic E-state index is 13.4. The number of hydrogen-bond acceptors (Lipinski definition) is 5. The van der Waals surface area contributed by atoms with E-state index in [2.05, 4.69) is 15.4 Å². The zero-order chi connectivity index (χ0) is 19.4. The van der Waals surface area contributed by atoms with E-state index < -0.39 is 23.7 Å². The van der Waals surface area contributed by atoms with E-state index in [1.54, 1.807) is 0 Å². The highest BCUT2D eigenvalue weighted by molar-refractivity contribution is 7.17. The van der Waals surface area contributed by atoms with Crippen LogP contribution in [0.3, 0.4) is 0 Å². The van der Waals surface area contributed by atoms with Gasteiger partial charge >= 0.3 is 6.09 Å². The van der Waals surface area contributed by atoms with Gasteiger partial charge in [-0.25, -0.2) is 9.18 Å². The summed E-state index contributed by atoms with van der Waals surface area (Å²) in [5.74, 6) is -1.65. The number of fused-ring (bicyclic) bond motifs is 1. The van der Waals surface area contributed by atoms with Crippen molar-refractivity contribution in [1.29, 1.82) is 0 Å². The first kappa shape index (κ1) is 19.0. The van der Waals surface area contributed by atoms with Crippen molar-refractivity contribution in [2.24, 2.45) is 0 Å². The number of carbonyl (C=O) groups excluding carboxylic acids is 3. The molecule has 27 heavy (non-hydrogen) atoms. The Bertz CT molecular complexity index is 894. The molecule has 1 aliphatic carbocycles.